The molecule has 2 heteroatoms. The average molecular weight is 149 g/mol. The Morgan fingerprint density at radius 1 is 1.44 bits per heavy atom. The fourth-order valence-electron chi connectivity index (χ4n) is 0.719. The van der Waals surface area contributed by atoms with Crippen LogP contribution in [0.25, 0.3) is 0 Å². The maximum absolute atomic E-state index is 5.73. The zero-order valence-corrected chi connectivity index (χ0v) is 6.90. The molecule has 1 aliphatic carbocycles. The molecule has 0 unspecified atom stereocenters. The van der Waals surface area contributed by atoms with E-state index in [-0.39, 0.29) is 11.0 Å². The van der Waals surface area contributed by atoms with Crippen LogP contribution in [0, 0.1) is 0 Å². The molecule has 2 atom stereocenters. The highest BCUT2D eigenvalue weighted by atomic mass is 35.5. The van der Waals surface area contributed by atoms with Crippen molar-refractivity contribution in [3.8, 4) is 0 Å². The Morgan fingerprint density at radius 2 is 1.89 bits per heavy atom. The fraction of sp³-hybridized carbons (Fsp3) is 1.00. The van der Waals surface area contributed by atoms with E-state index in [0.717, 1.165) is 6.42 Å². The van der Waals surface area contributed by atoms with Gasteiger partial charge in [0.25, 0.3) is 0 Å². The van der Waals surface area contributed by atoms with E-state index in [0.29, 0.717) is 6.10 Å². The third-order valence-electron chi connectivity index (χ3n) is 1.16. The summed E-state index contributed by atoms with van der Waals surface area (Å²) in [7, 11) is 0. The summed E-state index contributed by atoms with van der Waals surface area (Å²) in [6.07, 6.45) is 1.35. The highest BCUT2D eigenvalue weighted by molar-refractivity contribution is 6.23. The van der Waals surface area contributed by atoms with Crippen molar-refractivity contribution in [1.82, 2.24) is 0 Å². The highest BCUT2D eigenvalue weighted by Gasteiger charge is 2.39. The molecule has 1 aliphatic rings. The third kappa shape index (κ3) is 2.55. The highest BCUT2D eigenvalue weighted by Crippen LogP contribution is 2.34. The van der Waals surface area contributed by atoms with Crippen molar-refractivity contribution < 1.29 is 4.74 Å². The van der Waals surface area contributed by atoms with Crippen LogP contribution >= 0.6 is 11.6 Å². The van der Waals surface area contributed by atoms with E-state index in [9.17, 15) is 0 Å². The Labute approximate surface area is 61.3 Å². The van der Waals surface area contributed by atoms with Gasteiger partial charge in [0.15, 0.2) is 0 Å². The number of rotatable bonds is 1. The minimum absolute atomic E-state index is 0.0195. The lowest BCUT2D eigenvalue weighted by Crippen LogP contribution is -2.21. The van der Waals surface area contributed by atoms with Gasteiger partial charge in [-0.3, -0.25) is 0 Å². The number of hydrogen-bond acceptors (Lipinski definition) is 1. The van der Waals surface area contributed by atoms with Gasteiger partial charge < -0.3 is 4.74 Å². The molecule has 0 bridgehead atoms. The van der Waals surface area contributed by atoms with Gasteiger partial charge in [-0.05, 0) is 27.2 Å². The summed E-state index contributed by atoms with van der Waals surface area (Å²) < 4.78 is 5.53. The zero-order chi connectivity index (χ0) is 7.07. The standard InChI is InChI=1S/C7H13ClO/c1-7(2,3)9-6-4-5(6)8/h5-6H,4H2,1-3H3/t5-,6+/m0/s1. The molecule has 0 aliphatic heterocycles. The maximum Gasteiger partial charge on any atom is 0.0761 e. The first kappa shape index (κ1) is 7.36. The quantitative estimate of drug-likeness (QED) is 0.518. The van der Waals surface area contributed by atoms with E-state index in [1.165, 1.54) is 0 Å². The van der Waals surface area contributed by atoms with Crippen molar-refractivity contribution in [2.45, 2.75) is 44.3 Å². The van der Waals surface area contributed by atoms with Gasteiger partial charge in [-0.15, -0.1) is 11.6 Å². The molecule has 0 radical (unpaired) electrons. The van der Waals surface area contributed by atoms with Gasteiger partial charge in [-0.25, -0.2) is 0 Å². The third-order valence-corrected chi connectivity index (χ3v) is 1.62. The van der Waals surface area contributed by atoms with E-state index in [4.69, 9.17) is 16.3 Å². The van der Waals surface area contributed by atoms with Gasteiger partial charge in [0, 0.05) is 0 Å². The molecule has 0 heterocycles. The zero-order valence-electron chi connectivity index (χ0n) is 6.15. The molecular weight excluding hydrogens is 136 g/mol. The Bertz CT molecular complexity index is 106. The molecule has 0 N–H and O–H groups in total. The number of ether oxygens (including phenoxy) is 1. The summed E-state index contributed by atoms with van der Waals surface area (Å²) in [5, 5.41) is 0.282. The normalized spacial score (nSPS) is 34.7. The lowest BCUT2D eigenvalue weighted by atomic mass is 10.2. The summed E-state index contributed by atoms with van der Waals surface area (Å²) in [5.74, 6) is 0. The van der Waals surface area contributed by atoms with Crippen LogP contribution in [0.3, 0.4) is 0 Å². The van der Waals surface area contributed by atoms with Crippen LogP contribution in [0.15, 0.2) is 0 Å². The summed E-state index contributed by atoms with van der Waals surface area (Å²) in [6.45, 7) is 6.15. The predicted octanol–water partition coefficient (Wildman–Crippen LogP) is 2.18. The Hall–Kier alpha value is 0.250. The molecule has 9 heavy (non-hydrogen) atoms. The lowest BCUT2D eigenvalue weighted by Gasteiger charge is -2.18. The van der Waals surface area contributed by atoms with E-state index in [1.54, 1.807) is 0 Å². The Morgan fingerprint density at radius 3 is 2.00 bits per heavy atom. The van der Waals surface area contributed by atoms with E-state index < -0.39 is 0 Å². The van der Waals surface area contributed by atoms with Crippen molar-refractivity contribution in [2.24, 2.45) is 0 Å². The van der Waals surface area contributed by atoms with Gasteiger partial charge in [0.2, 0.25) is 0 Å². The summed E-state index contributed by atoms with van der Waals surface area (Å²) in [6, 6.07) is 0. The van der Waals surface area contributed by atoms with Crippen LogP contribution in [-0.4, -0.2) is 17.1 Å². The lowest BCUT2D eigenvalue weighted by molar-refractivity contribution is -0.0146. The molecular formula is C7H13ClO. The van der Waals surface area contributed by atoms with Crippen LogP contribution in [0.1, 0.15) is 27.2 Å². The summed E-state index contributed by atoms with van der Waals surface area (Å²) >= 11 is 5.73. The molecule has 0 aromatic heterocycles. The molecule has 0 aromatic carbocycles. The first-order valence-electron chi connectivity index (χ1n) is 3.31. The second-order valence-corrected chi connectivity index (χ2v) is 4.08. The second-order valence-electron chi connectivity index (χ2n) is 3.52. The first-order chi connectivity index (χ1) is 3.99. The maximum atomic E-state index is 5.73. The topological polar surface area (TPSA) is 9.23 Å². The number of halogens is 1. The molecule has 0 spiro atoms. The molecule has 0 aromatic rings. The molecule has 1 rings (SSSR count). The fourth-order valence-corrected chi connectivity index (χ4v) is 0.946. The second kappa shape index (κ2) is 2.14. The molecule has 1 nitrogen and oxygen atoms in total. The van der Waals surface area contributed by atoms with E-state index in [1.807, 2.05) is 0 Å². The minimum atomic E-state index is -0.0195. The predicted molar refractivity (Wildman–Crippen MR) is 38.9 cm³/mol. The molecule has 1 saturated carbocycles. The average Bonchev–Trinajstić information content (AvgIpc) is 2.13. The molecule has 0 saturated heterocycles. The molecule has 1 fully saturated rings. The van der Waals surface area contributed by atoms with Gasteiger partial charge >= 0.3 is 0 Å². The largest absolute Gasteiger partial charge is 0.371 e. The van der Waals surface area contributed by atoms with Crippen LogP contribution in [-0.2, 0) is 4.74 Å². The van der Waals surface area contributed by atoms with Gasteiger partial charge in [-0.1, -0.05) is 0 Å². The van der Waals surface area contributed by atoms with Crippen molar-refractivity contribution >= 4 is 11.6 Å². The van der Waals surface area contributed by atoms with Crippen molar-refractivity contribution in [3.63, 3.8) is 0 Å². The first-order valence-corrected chi connectivity index (χ1v) is 3.74. The van der Waals surface area contributed by atoms with Crippen LogP contribution in [0.5, 0.6) is 0 Å². The van der Waals surface area contributed by atoms with Crippen LogP contribution in [0.4, 0.5) is 0 Å². The van der Waals surface area contributed by atoms with Gasteiger partial charge in [0.05, 0.1) is 17.1 Å². The van der Waals surface area contributed by atoms with E-state index >= 15 is 0 Å². The monoisotopic (exact) mass is 148 g/mol. The molecule has 54 valence electrons. The van der Waals surface area contributed by atoms with E-state index in [2.05, 4.69) is 20.8 Å². The van der Waals surface area contributed by atoms with Gasteiger partial charge in [-0.2, -0.15) is 0 Å². The molecule has 0 amide bonds. The van der Waals surface area contributed by atoms with Crippen LogP contribution < -0.4 is 0 Å². The Kier molecular flexibility index (Phi) is 1.75. The number of hydrogen-bond donors (Lipinski definition) is 0. The number of alkyl halides is 1. The van der Waals surface area contributed by atoms with Crippen LogP contribution in [0.2, 0.25) is 0 Å². The smallest absolute Gasteiger partial charge is 0.0761 e. The van der Waals surface area contributed by atoms with Crippen molar-refractivity contribution in [3.05, 3.63) is 0 Å². The summed E-state index contributed by atoms with van der Waals surface area (Å²) in [5.41, 5.74) is -0.0195. The Balaban J connectivity index is 2.19. The van der Waals surface area contributed by atoms with Crippen molar-refractivity contribution in [1.29, 1.82) is 0 Å². The minimum Gasteiger partial charge on any atom is -0.371 e. The van der Waals surface area contributed by atoms with Crippen molar-refractivity contribution in [2.75, 3.05) is 0 Å². The summed E-state index contributed by atoms with van der Waals surface area (Å²) in [4.78, 5) is 0. The van der Waals surface area contributed by atoms with Gasteiger partial charge in [0.1, 0.15) is 0 Å². The SMILES string of the molecule is CC(C)(C)O[C@@H]1C[C@@H]1Cl.